The molecule has 5 unspecified atom stereocenters. The maximum atomic E-state index is 11.2. The van der Waals surface area contributed by atoms with Crippen LogP contribution in [0, 0.1) is 17.3 Å². The van der Waals surface area contributed by atoms with E-state index in [1.807, 2.05) is 12.3 Å². The molecule has 4 aliphatic carbocycles. The Bertz CT molecular complexity index is 910. The summed E-state index contributed by atoms with van der Waals surface area (Å²) in [5.74, 6) is 1.07. The molecule has 1 fully saturated rings. The summed E-state index contributed by atoms with van der Waals surface area (Å²) < 4.78 is 0. The third kappa shape index (κ3) is 3.35. The van der Waals surface area contributed by atoms with Crippen molar-refractivity contribution in [1.82, 2.24) is 4.98 Å². The number of hydrogen-bond acceptors (Lipinski definition) is 3. The van der Waals surface area contributed by atoms with E-state index in [2.05, 4.69) is 42.3 Å². The Morgan fingerprint density at radius 1 is 1.17 bits per heavy atom. The summed E-state index contributed by atoms with van der Waals surface area (Å²) in [5.41, 5.74) is 6.47. The molecule has 0 aromatic carbocycles. The Labute approximate surface area is 173 Å². The van der Waals surface area contributed by atoms with Gasteiger partial charge in [-0.3, -0.25) is 4.98 Å². The molecule has 1 saturated carbocycles. The van der Waals surface area contributed by atoms with Gasteiger partial charge in [-0.05, 0) is 79.6 Å². The fourth-order valence-electron chi connectivity index (χ4n) is 6.24. The van der Waals surface area contributed by atoms with Crippen LogP contribution in [0.4, 0.5) is 0 Å². The molecule has 0 amide bonds. The summed E-state index contributed by atoms with van der Waals surface area (Å²) in [7, 11) is 0. The second-order valence-corrected chi connectivity index (χ2v) is 9.58. The van der Waals surface area contributed by atoms with Gasteiger partial charge in [0, 0.05) is 17.8 Å². The minimum atomic E-state index is -0.412. The lowest BCUT2D eigenvalue weighted by Crippen LogP contribution is -2.37. The largest absolute Gasteiger partial charge is 0.393 e. The molecule has 3 nitrogen and oxygen atoms in total. The Morgan fingerprint density at radius 3 is 2.90 bits per heavy atom. The SMILES string of the molecule is CC12CC(O)C3=C(CCC4CCC(O)CC4=C3)C1CC=C2/C=C/c1cccnc1. The van der Waals surface area contributed by atoms with Crippen molar-refractivity contribution in [2.75, 3.05) is 0 Å². The molecule has 0 radical (unpaired) electrons. The molecular weight excluding hydrogens is 358 g/mol. The number of pyridine rings is 1. The highest BCUT2D eigenvalue weighted by atomic mass is 16.3. The Morgan fingerprint density at radius 2 is 2.07 bits per heavy atom. The summed E-state index contributed by atoms with van der Waals surface area (Å²) in [5, 5.41) is 21.3. The van der Waals surface area contributed by atoms with Crippen LogP contribution in [0.3, 0.4) is 0 Å². The van der Waals surface area contributed by atoms with Crippen LogP contribution in [-0.2, 0) is 0 Å². The van der Waals surface area contributed by atoms with Crippen LogP contribution < -0.4 is 0 Å². The minimum Gasteiger partial charge on any atom is -0.393 e. The number of allylic oxidation sites excluding steroid dienone is 4. The fraction of sp³-hybridized carbons (Fsp3) is 0.500. The van der Waals surface area contributed by atoms with Crippen molar-refractivity contribution in [3.63, 3.8) is 0 Å². The number of aromatic nitrogens is 1. The zero-order chi connectivity index (χ0) is 20.0. The van der Waals surface area contributed by atoms with Crippen molar-refractivity contribution in [3.05, 3.63) is 70.6 Å². The van der Waals surface area contributed by atoms with Gasteiger partial charge in [-0.2, -0.15) is 0 Å². The number of hydrogen-bond donors (Lipinski definition) is 2. The van der Waals surface area contributed by atoms with Gasteiger partial charge in [0.05, 0.1) is 12.2 Å². The zero-order valence-corrected chi connectivity index (χ0v) is 17.2. The highest BCUT2D eigenvalue weighted by molar-refractivity contribution is 5.55. The molecular formula is C26H31NO2. The smallest absolute Gasteiger partial charge is 0.0798 e. The first-order chi connectivity index (χ1) is 14.0. The van der Waals surface area contributed by atoms with Gasteiger partial charge in [0.15, 0.2) is 0 Å². The quantitative estimate of drug-likeness (QED) is 0.749. The lowest BCUT2D eigenvalue weighted by Gasteiger charge is -2.43. The third-order valence-electron chi connectivity index (χ3n) is 7.86. The molecule has 0 aliphatic heterocycles. The van der Waals surface area contributed by atoms with Crippen molar-refractivity contribution >= 4 is 6.08 Å². The van der Waals surface area contributed by atoms with Crippen LogP contribution in [0.1, 0.15) is 57.4 Å². The zero-order valence-electron chi connectivity index (χ0n) is 17.2. The third-order valence-corrected chi connectivity index (χ3v) is 7.86. The van der Waals surface area contributed by atoms with Crippen LogP contribution in [0.25, 0.3) is 6.08 Å². The molecule has 4 aliphatic rings. The molecule has 0 spiro atoms. The minimum absolute atomic E-state index is 0.00943. The normalized spacial score (nSPS) is 36.8. The molecule has 29 heavy (non-hydrogen) atoms. The van der Waals surface area contributed by atoms with Crippen LogP contribution in [-0.4, -0.2) is 27.4 Å². The molecule has 1 aromatic rings. The molecule has 5 rings (SSSR count). The number of fused-ring (bicyclic) bond motifs is 3. The van der Waals surface area contributed by atoms with Crippen LogP contribution in [0.15, 0.2) is 65.0 Å². The van der Waals surface area contributed by atoms with Crippen molar-refractivity contribution < 1.29 is 10.2 Å². The lowest BCUT2D eigenvalue weighted by molar-refractivity contribution is 0.115. The van der Waals surface area contributed by atoms with Crippen LogP contribution in [0.5, 0.6) is 0 Å². The van der Waals surface area contributed by atoms with E-state index in [0.29, 0.717) is 11.8 Å². The number of rotatable bonds is 2. The summed E-state index contributed by atoms with van der Waals surface area (Å²) in [6.07, 6.45) is 19.0. The second kappa shape index (κ2) is 7.37. The van der Waals surface area contributed by atoms with Crippen LogP contribution in [0.2, 0.25) is 0 Å². The highest BCUT2D eigenvalue weighted by Gasteiger charge is 2.48. The van der Waals surface area contributed by atoms with E-state index in [1.54, 1.807) is 6.20 Å². The predicted octanol–water partition coefficient (Wildman–Crippen LogP) is 4.99. The van der Waals surface area contributed by atoms with E-state index < -0.39 is 6.10 Å². The molecule has 1 aromatic heterocycles. The Kier molecular flexibility index (Phi) is 4.84. The summed E-state index contributed by atoms with van der Waals surface area (Å²) in [4.78, 5) is 4.20. The van der Waals surface area contributed by atoms with E-state index >= 15 is 0 Å². The summed E-state index contributed by atoms with van der Waals surface area (Å²) in [6, 6.07) is 4.03. The fourth-order valence-corrected chi connectivity index (χ4v) is 6.24. The van der Waals surface area contributed by atoms with Gasteiger partial charge in [0.2, 0.25) is 0 Å². The predicted molar refractivity (Wildman–Crippen MR) is 116 cm³/mol. The second-order valence-electron chi connectivity index (χ2n) is 9.58. The maximum absolute atomic E-state index is 11.2. The Balaban J connectivity index is 1.45. The van der Waals surface area contributed by atoms with Crippen LogP contribution >= 0.6 is 0 Å². The average molecular weight is 390 g/mol. The van der Waals surface area contributed by atoms with Gasteiger partial charge in [0.25, 0.3) is 0 Å². The Hall–Kier alpha value is -1.97. The summed E-state index contributed by atoms with van der Waals surface area (Å²) >= 11 is 0. The first-order valence-electron chi connectivity index (χ1n) is 11.1. The molecule has 3 heteroatoms. The highest BCUT2D eigenvalue weighted by Crippen LogP contribution is 2.57. The molecule has 2 N–H and O–H groups in total. The van der Waals surface area contributed by atoms with E-state index in [9.17, 15) is 10.2 Å². The first kappa shape index (κ1) is 19.0. The van der Waals surface area contributed by atoms with E-state index in [4.69, 9.17) is 0 Å². The molecule has 1 heterocycles. The number of aliphatic hydroxyl groups excluding tert-OH is 2. The standard InChI is InChI=1S/C26H31NO2/c1-26-15-25(29)23-14-19-13-21(28)9-5-18(19)6-10-22(23)24(26)11-8-20(26)7-4-17-3-2-12-27-16-17/h2-4,7-8,12,14,16,18,21,24-25,28-29H,5-6,9-11,13,15H2,1H3/b7-4+. The molecule has 0 saturated heterocycles. The van der Waals surface area contributed by atoms with Gasteiger partial charge in [0.1, 0.15) is 0 Å². The lowest BCUT2D eigenvalue weighted by atomic mass is 9.62. The van der Waals surface area contributed by atoms with Gasteiger partial charge < -0.3 is 10.2 Å². The van der Waals surface area contributed by atoms with Crippen molar-refractivity contribution in [1.29, 1.82) is 0 Å². The van der Waals surface area contributed by atoms with E-state index in [0.717, 1.165) is 50.5 Å². The average Bonchev–Trinajstić information content (AvgIpc) is 2.91. The first-order valence-corrected chi connectivity index (χ1v) is 11.1. The molecule has 0 bridgehead atoms. The topological polar surface area (TPSA) is 53.4 Å². The monoisotopic (exact) mass is 389 g/mol. The van der Waals surface area contributed by atoms with Gasteiger partial charge in [-0.25, -0.2) is 0 Å². The molecule has 152 valence electrons. The van der Waals surface area contributed by atoms with Crippen molar-refractivity contribution in [2.24, 2.45) is 17.3 Å². The number of aliphatic hydroxyl groups is 2. The van der Waals surface area contributed by atoms with Gasteiger partial charge >= 0.3 is 0 Å². The van der Waals surface area contributed by atoms with Crippen molar-refractivity contribution in [2.45, 2.75) is 64.1 Å². The summed E-state index contributed by atoms with van der Waals surface area (Å²) in [6.45, 7) is 2.34. The van der Waals surface area contributed by atoms with Gasteiger partial charge in [-0.1, -0.05) is 48.4 Å². The molecule has 5 atom stereocenters. The maximum Gasteiger partial charge on any atom is 0.0798 e. The van der Waals surface area contributed by atoms with Gasteiger partial charge in [-0.15, -0.1) is 0 Å². The number of nitrogens with zero attached hydrogens (tertiary/aromatic N) is 1. The van der Waals surface area contributed by atoms with E-state index in [-0.39, 0.29) is 11.5 Å². The van der Waals surface area contributed by atoms with E-state index in [1.165, 1.54) is 22.3 Å². The van der Waals surface area contributed by atoms with Crippen molar-refractivity contribution in [3.8, 4) is 0 Å².